The summed E-state index contributed by atoms with van der Waals surface area (Å²) in [5.41, 5.74) is 0.359. The molecule has 1 aliphatic carbocycles. The highest BCUT2D eigenvalue weighted by molar-refractivity contribution is 5.88. The van der Waals surface area contributed by atoms with Gasteiger partial charge in [0.25, 0.3) is 5.56 Å². The summed E-state index contributed by atoms with van der Waals surface area (Å²) in [6.45, 7) is 7.53. The molecular formula is C26H39N3O3. The second-order valence-electron chi connectivity index (χ2n) is 9.29. The summed E-state index contributed by atoms with van der Waals surface area (Å²) in [6, 6.07) is 8.21. The molecule has 3 rings (SSSR count). The maximum atomic E-state index is 13.1. The van der Waals surface area contributed by atoms with Crippen molar-refractivity contribution in [1.82, 2.24) is 14.5 Å². The highest BCUT2D eigenvalue weighted by atomic mass is 16.4. The first-order chi connectivity index (χ1) is 15.5. The second kappa shape index (κ2) is 11.6. The fraction of sp³-hybridized carbons (Fsp3) is 0.654. The Morgan fingerprint density at radius 2 is 1.81 bits per heavy atom. The average Bonchev–Trinajstić information content (AvgIpc) is 2.74. The Labute approximate surface area is 191 Å². The normalized spacial score (nSPS) is 17.8. The fourth-order valence-electron chi connectivity index (χ4n) is 5.56. The number of carboxylic acids is 1. The zero-order valence-electron chi connectivity index (χ0n) is 19.9. The molecule has 6 heteroatoms. The van der Waals surface area contributed by atoms with Gasteiger partial charge in [-0.15, -0.1) is 0 Å². The molecule has 0 saturated heterocycles. The van der Waals surface area contributed by atoms with Crippen LogP contribution in [0, 0.1) is 0 Å². The van der Waals surface area contributed by atoms with E-state index >= 15 is 0 Å². The Kier molecular flexibility index (Phi) is 8.85. The van der Waals surface area contributed by atoms with Crippen LogP contribution in [-0.4, -0.2) is 44.2 Å². The Morgan fingerprint density at radius 1 is 1.16 bits per heavy atom. The van der Waals surface area contributed by atoms with Gasteiger partial charge < -0.3 is 9.67 Å². The number of fused-ring (bicyclic) bond motifs is 1. The van der Waals surface area contributed by atoms with Crippen molar-refractivity contribution in [3.8, 4) is 0 Å². The van der Waals surface area contributed by atoms with Gasteiger partial charge in [-0.2, -0.15) is 0 Å². The molecule has 1 aromatic heterocycles. The Balaban J connectivity index is 1.94. The molecule has 2 aromatic rings. The predicted molar refractivity (Wildman–Crippen MR) is 129 cm³/mol. The Hall–Kier alpha value is -2.21. The van der Waals surface area contributed by atoms with E-state index in [1.807, 2.05) is 25.1 Å². The fourth-order valence-corrected chi connectivity index (χ4v) is 5.56. The number of carbonyl (C=O) groups is 1. The summed E-state index contributed by atoms with van der Waals surface area (Å²) in [4.78, 5) is 31.7. The lowest BCUT2D eigenvalue weighted by Crippen LogP contribution is -2.45. The van der Waals surface area contributed by atoms with Gasteiger partial charge in [0.1, 0.15) is 0 Å². The lowest BCUT2D eigenvalue weighted by atomic mass is 9.92. The van der Waals surface area contributed by atoms with E-state index < -0.39 is 17.2 Å². The van der Waals surface area contributed by atoms with E-state index in [0.717, 1.165) is 25.8 Å². The van der Waals surface area contributed by atoms with Crippen LogP contribution >= 0.6 is 0 Å². The minimum absolute atomic E-state index is 0.118. The molecule has 1 fully saturated rings. The monoisotopic (exact) mass is 441 g/mol. The smallest absolute Gasteiger partial charge is 0.360 e. The molecule has 0 spiro atoms. The number of rotatable bonds is 9. The second-order valence-corrected chi connectivity index (χ2v) is 9.29. The van der Waals surface area contributed by atoms with Crippen LogP contribution in [0.25, 0.3) is 11.0 Å². The third-order valence-corrected chi connectivity index (χ3v) is 7.05. The topological polar surface area (TPSA) is 75.4 Å². The van der Waals surface area contributed by atoms with Crippen LogP contribution in [-0.2, 0) is 0 Å². The van der Waals surface area contributed by atoms with Crippen LogP contribution in [0.5, 0.6) is 0 Å². The highest BCUT2D eigenvalue weighted by Gasteiger charge is 2.28. The number of hydrogen-bond acceptors (Lipinski definition) is 4. The minimum Gasteiger partial charge on any atom is -0.476 e. The van der Waals surface area contributed by atoms with Crippen molar-refractivity contribution in [2.75, 3.05) is 6.54 Å². The average molecular weight is 442 g/mol. The molecule has 2 atom stereocenters. The van der Waals surface area contributed by atoms with E-state index in [-0.39, 0.29) is 6.04 Å². The number of aromatic carboxylic acids is 1. The standard InChI is InChI=1S/C26H39N3O3/c1-4-13-21(28(5-2)20-14-9-7-6-8-10-15-20)18-19(3)29-23-17-12-11-16-22(23)27-24(25(29)30)26(31)32/h11-12,16-17,19-21H,4-10,13-15,18H2,1-3H3,(H,31,32)/t19-,21-/m1/s1. The van der Waals surface area contributed by atoms with E-state index in [9.17, 15) is 14.7 Å². The number of aromatic nitrogens is 2. The summed E-state index contributed by atoms with van der Waals surface area (Å²) < 4.78 is 1.67. The minimum atomic E-state index is -1.27. The SMILES string of the molecule is CCC[C@H](C[C@@H](C)n1c(=O)c(C(=O)O)nc2ccccc21)N(CC)C1CCCCCCC1. The first-order valence-electron chi connectivity index (χ1n) is 12.5. The van der Waals surface area contributed by atoms with Crippen LogP contribution in [0.4, 0.5) is 0 Å². The zero-order chi connectivity index (χ0) is 23.1. The van der Waals surface area contributed by atoms with Gasteiger partial charge in [-0.25, -0.2) is 9.78 Å². The van der Waals surface area contributed by atoms with E-state index in [1.54, 1.807) is 10.6 Å². The molecule has 1 saturated carbocycles. The molecule has 32 heavy (non-hydrogen) atoms. The Bertz CT molecular complexity index is 947. The lowest BCUT2D eigenvalue weighted by molar-refractivity contribution is 0.0687. The number of para-hydroxylation sites is 2. The van der Waals surface area contributed by atoms with Gasteiger partial charge in [0, 0.05) is 18.1 Å². The first kappa shape index (κ1) is 24.4. The van der Waals surface area contributed by atoms with Crippen molar-refractivity contribution in [1.29, 1.82) is 0 Å². The van der Waals surface area contributed by atoms with Gasteiger partial charge in [0.2, 0.25) is 5.69 Å². The first-order valence-corrected chi connectivity index (χ1v) is 12.5. The van der Waals surface area contributed by atoms with E-state index in [1.165, 1.54) is 44.9 Å². The summed E-state index contributed by atoms with van der Waals surface area (Å²) in [5, 5.41) is 9.56. The maximum Gasteiger partial charge on any atom is 0.360 e. The number of nitrogens with zero attached hydrogens (tertiary/aromatic N) is 3. The largest absolute Gasteiger partial charge is 0.476 e. The molecule has 0 bridgehead atoms. The number of hydrogen-bond donors (Lipinski definition) is 1. The molecule has 0 amide bonds. The van der Waals surface area contributed by atoms with Crippen molar-refractivity contribution >= 4 is 17.0 Å². The van der Waals surface area contributed by atoms with Crippen molar-refractivity contribution in [2.24, 2.45) is 0 Å². The van der Waals surface area contributed by atoms with Crippen LogP contribution < -0.4 is 5.56 Å². The van der Waals surface area contributed by atoms with Gasteiger partial charge in [-0.1, -0.05) is 64.5 Å². The molecular weight excluding hydrogens is 402 g/mol. The van der Waals surface area contributed by atoms with E-state index in [4.69, 9.17) is 0 Å². The third-order valence-electron chi connectivity index (χ3n) is 7.05. The molecule has 1 aliphatic rings. The highest BCUT2D eigenvalue weighted by Crippen LogP contribution is 2.28. The number of carboxylic acid groups (broad SMARTS) is 1. The predicted octanol–water partition coefficient (Wildman–Crippen LogP) is 5.65. The lowest BCUT2D eigenvalue weighted by Gasteiger charge is -2.40. The molecule has 0 aliphatic heterocycles. The summed E-state index contributed by atoms with van der Waals surface area (Å²) in [5.74, 6) is -1.27. The van der Waals surface area contributed by atoms with Crippen LogP contribution in [0.2, 0.25) is 0 Å². The summed E-state index contributed by atoms with van der Waals surface area (Å²) >= 11 is 0. The van der Waals surface area contributed by atoms with Crippen molar-refractivity contribution in [3.05, 3.63) is 40.3 Å². The molecule has 1 heterocycles. The molecule has 0 unspecified atom stereocenters. The molecule has 6 nitrogen and oxygen atoms in total. The molecule has 176 valence electrons. The van der Waals surface area contributed by atoms with Crippen molar-refractivity contribution in [2.45, 2.75) is 103 Å². The van der Waals surface area contributed by atoms with Crippen LogP contribution in [0.15, 0.2) is 29.1 Å². The van der Waals surface area contributed by atoms with Gasteiger partial charge >= 0.3 is 5.97 Å². The zero-order valence-corrected chi connectivity index (χ0v) is 19.9. The summed E-state index contributed by atoms with van der Waals surface area (Å²) in [7, 11) is 0. The maximum absolute atomic E-state index is 13.1. The van der Waals surface area contributed by atoms with Crippen molar-refractivity contribution < 1.29 is 9.90 Å². The number of benzene rings is 1. The quantitative estimate of drug-likeness (QED) is 0.544. The van der Waals surface area contributed by atoms with Gasteiger partial charge in [-0.05, 0) is 51.3 Å². The molecule has 1 aromatic carbocycles. The van der Waals surface area contributed by atoms with Crippen molar-refractivity contribution in [3.63, 3.8) is 0 Å². The van der Waals surface area contributed by atoms with Crippen LogP contribution in [0.3, 0.4) is 0 Å². The molecule has 1 N–H and O–H groups in total. The molecule has 0 radical (unpaired) electrons. The van der Waals surface area contributed by atoms with E-state index in [0.29, 0.717) is 23.1 Å². The van der Waals surface area contributed by atoms with Gasteiger partial charge in [-0.3, -0.25) is 9.69 Å². The van der Waals surface area contributed by atoms with Crippen LogP contribution in [0.1, 0.15) is 102 Å². The van der Waals surface area contributed by atoms with Gasteiger partial charge in [0.05, 0.1) is 11.0 Å². The van der Waals surface area contributed by atoms with Gasteiger partial charge in [0.15, 0.2) is 0 Å². The summed E-state index contributed by atoms with van der Waals surface area (Å²) in [6.07, 6.45) is 12.1. The Morgan fingerprint density at radius 3 is 2.44 bits per heavy atom. The van der Waals surface area contributed by atoms with E-state index in [2.05, 4.69) is 23.7 Å². The third kappa shape index (κ3) is 5.58.